The second kappa shape index (κ2) is 7.69. The third-order valence-electron chi connectivity index (χ3n) is 2.85. The molecule has 2 rings (SSSR count). The number of rotatable bonds is 5. The Morgan fingerprint density at radius 2 is 1.83 bits per heavy atom. The molecule has 0 heterocycles. The molecule has 0 saturated heterocycles. The molecule has 0 unspecified atom stereocenters. The summed E-state index contributed by atoms with van der Waals surface area (Å²) in [6, 6.07) is 9.16. The minimum absolute atomic E-state index is 0.197. The van der Waals surface area contributed by atoms with Gasteiger partial charge in [0.05, 0.1) is 10.7 Å². The largest absolute Gasteiger partial charge is 0.484 e. The molecule has 0 aliphatic carbocycles. The lowest BCUT2D eigenvalue weighted by Gasteiger charge is -2.06. The van der Waals surface area contributed by atoms with Crippen LogP contribution in [0.2, 0.25) is 5.02 Å². The minimum atomic E-state index is -0.494. The van der Waals surface area contributed by atoms with Gasteiger partial charge in [-0.15, -0.1) is 0 Å². The minimum Gasteiger partial charge on any atom is -0.484 e. The van der Waals surface area contributed by atoms with Crippen LogP contribution >= 0.6 is 11.6 Å². The van der Waals surface area contributed by atoms with Crippen LogP contribution in [0.4, 0.5) is 8.78 Å². The molecule has 0 bridgehead atoms. The number of carbonyl (C=O) groups is 1. The summed E-state index contributed by atoms with van der Waals surface area (Å²) in [5.41, 5.74) is 3.23. The Morgan fingerprint density at radius 3 is 2.48 bits per heavy atom. The van der Waals surface area contributed by atoms with Crippen molar-refractivity contribution in [1.29, 1.82) is 0 Å². The van der Waals surface area contributed by atoms with E-state index in [4.69, 9.17) is 16.3 Å². The molecule has 2 aromatic carbocycles. The van der Waals surface area contributed by atoms with Crippen LogP contribution < -0.4 is 10.2 Å². The summed E-state index contributed by atoms with van der Waals surface area (Å²) in [5.74, 6) is -0.975. The fraction of sp³-hybridized carbons (Fsp3) is 0.125. The first-order valence-corrected chi connectivity index (χ1v) is 7.00. The lowest BCUT2D eigenvalue weighted by atomic mass is 10.1. The van der Waals surface area contributed by atoms with Gasteiger partial charge in [-0.25, -0.2) is 14.2 Å². The normalized spacial score (nSPS) is 11.2. The molecule has 0 aromatic heterocycles. The highest BCUT2D eigenvalue weighted by Crippen LogP contribution is 2.17. The summed E-state index contributed by atoms with van der Waals surface area (Å²) in [5, 5.41) is 4.08. The van der Waals surface area contributed by atoms with Gasteiger partial charge in [-0.05, 0) is 49.4 Å². The zero-order chi connectivity index (χ0) is 16.8. The predicted molar refractivity (Wildman–Crippen MR) is 83.7 cm³/mol. The van der Waals surface area contributed by atoms with Gasteiger partial charge in [0.1, 0.15) is 17.4 Å². The topological polar surface area (TPSA) is 50.7 Å². The number of carbonyl (C=O) groups excluding carboxylic acids is 1. The summed E-state index contributed by atoms with van der Waals surface area (Å²) in [6.45, 7) is 1.35. The number of hydrazone groups is 1. The fourth-order valence-electron chi connectivity index (χ4n) is 1.70. The van der Waals surface area contributed by atoms with Crippen LogP contribution in [-0.2, 0) is 4.79 Å². The van der Waals surface area contributed by atoms with Gasteiger partial charge in [-0.2, -0.15) is 5.10 Å². The zero-order valence-corrected chi connectivity index (χ0v) is 12.9. The first-order valence-electron chi connectivity index (χ1n) is 6.62. The maximum Gasteiger partial charge on any atom is 0.277 e. The molecule has 0 atom stereocenters. The van der Waals surface area contributed by atoms with Crippen molar-refractivity contribution in [3.8, 4) is 5.75 Å². The Balaban J connectivity index is 1.90. The number of nitrogens with zero attached hydrogens (tertiary/aromatic N) is 1. The van der Waals surface area contributed by atoms with E-state index in [9.17, 15) is 13.6 Å². The molecule has 1 N–H and O–H groups in total. The average Bonchev–Trinajstić information content (AvgIpc) is 2.52. The van der Waals surface area contributed by atoms with Crippen molar-refractivity contribution in [3.05, 3.63) is 64.7 Å². The summed E-state index contributed by atoms with van der Waals surface area (Å²) in [6.07, 6.45) is 0. The third kappa shape index (κ3) is 5.03. The molecule has 1 amide bonds. The Kier molecular flexibility index (Phi) is 5.65. The zero-order valence-electron chi connectivity index (χ0n) is 12.1. The average molecular weight is 339 g/mol. The number of nitrogens with one attached hydrogen (secondary N) is 1. The molecule has 4 nitrogen and oxygen atoms in total. The van der Waals surface area contributed by atoms with E-state index in [0.29, 0.717) is 17.0 Å². The second-order valence-corrected chi connectivity index (χ2v) is 5.01. The molecule has 0 aliphatic heterocycles. The highest BCUT2D eigenvalue weighted by molar-refractivity contribution is 6.34. The van der Waals surface area contributed by atoms with E-state index in [1.54, 1.807) is 6.92 Å². The van der Waals surface area contributed by atoms with Gasteiger partial charge in [0, 0.05) is 5.56 Å². The van der Waals surface area contributed by atoms with Crippen LogP contribution in [0.25, 0.3) is 0 Å². The number of ether oxygens (including phenoxy) is 1. The van der Waals surface area contributed by atoms with Crippen LogP contribution in [0.15, 0.2) is 47.6 Å². The molecule has 7 heteroatoms. The van der Waals surface area contributed by atoms with Gasteiger partial charge < -0.3 is 4.74 Å². The van der Waals surface area contributed by atoms with Gasteiger partial charge in [0.25, 0.3) is 5.91 Å². The van der Waals surface area contributed by atoms with Gasteiger partial charge in [0.2, 0.25) is 0 Å². The van der Waals surface area contributed by atoms with E-state index in [1.165, 1.54) is 36.4 Å². The molecule has 0 spiro atoms. The quantitative estimate of drug-likeness (QED) is 0.669. The van der Waals surface area contributed by atoms with Crippen molar-refractivity contribution < 1.29 is 18.3 Å². The molecule has 0 radical (unpaired) electrons. The van der Waals surface area contributed by atoms with Crippen molar-refractivity contribution in [1.82, 2.24) is 5.43 Å². The molecular formula is C16H13ClF2N2O2. The highest BCUT2D eigenvalue weighted by Gasteiger charge is 2.07. The van der Waals surface area contributed by atoms with Crippen molar-refractivity contribution in [3.63, 3.8) is 0 Å². The molecule has 2 aromatic rings. The van der Waals surface area contributed by atoms with Gasteiger partial charge >= 0.3 is 0 Å². The Labute approximate surface area is 136 Å². The second-order valence-electron chi connectivity index (χ2n) is 4.60. The Bertz CT molecular complexity index is 733. The van der Waals surface area contributed by atoms with Crippen molar-refractivity contribution in [2.75, 3.05) is 6.61 Å². The maximum absolute atomic E-state index is 13.0. The van der Waals surface area contributed by atoms with Crippen LogP contribution in [-0.4, -0.2) is 18.2 Å². The molecule has 0 aliphatic rings. The third-order valence-corrected chi connectivity index (χ3v) is 3.17. The Hall–Kier alpha value is -2.47. The first kappa shape index (κ1) is 16.9. The number of amides is 1. The fourth-order valence-corrected chi connectivity index (χ4v) is 2.01. The predicted octanol–water partition coefficient (Wildman–Crippen LogP) is 3.54. The molecule has 0 saturated carbocycles. The number of hydrogen-bond acceptors (Lipinski definition) is 3. The Morgan fingerprint density at radius 1 is 1.17 bits per heavy atom. The lowest BCUT2D eigenvalue weighted by molar-refractivity contribution is -0.123. The summed E-state index contributed by atoms with van der Waals surface area (Å²) in [4.78, 5) is 11.6. The molecular weight excluding hydrogens is 326 g/mol. The standard InChI is InChI=1S/C16H13ClF2N2O2/c1-10(14-7-4-12(19)8-15(14)17)20-21-16(22)9-23-13-5-2-11(18)3-6-13/h2-8H,9H2,1H3,(H,21,22)/b20-10-. The molecule has 23 heavy (non-hydrogen) atoms. The summed E-state index contributed by atoms with van der Waals surface area (Å²) >= 11 is 5.90. The van der Waals surface area contributed by atoms with E-state index >= 15 is 0 Å². The van der Waals surface area contributed by atoms with E-state index < -0.39 is 17.5 Å². The van der Waals surface area contributed by atoms with E-state index in [1.807, 2.05) is 0 Å². The first-order chi connectivity index (χ1) is 11.0. The number of benzene rings is 2. The van der Waals surface area contributed by atoms with E-state index in [-0.39, 0.29) is 11.6 Å². The molecule has 120 valence electrons. The van der Waals surface area contributed by atoms with E-state index in [2.05, 4.69) is 10.5 Å². The van der Waals surface area contributed by atoms with Crippen molar-refractivity contribution in [2.45, 2.75) is 6.92 Å². The smallest absolute Gasteiger partial charge is 0.277 e. The maximum atomic E-state index is 13.0. The van der Waals surface area contributed by atoms with Gasteiger partial charge in [0.15, 0.2) is 6.61 Å². The van der Waals surface area contributed by atoms with E-state index in [0.717, 1.165) is 6.07 Å². The number of hydrogen-bond donors (Lipinski definition) is 1. The van der Waals surface area contributed by atoms with Gasteiger partial charge in [-0.1, -0.05) is 11.6 Å². The summed E-state index contributed by atoms with van der Waals surface area (Å²) < 4.78 is 30.9. The van der Waals surface area contributed by atoms with Crippen LogP contribution in [0, 0.1) is 11.6 Å². The SMILES string of the molecule is C/C(=N/NC(=O)COc1ccc(F)cc1)c1ccc(F)cc1Cl. The monoisotopic (exact) mass is 338 g/mol. The van der Waals surface area contributed by atoms with Crippen molar-refractivity contribution in [2.24, 2.45) is 5.10 Å². The summed E-state index contributed by atoms with van der Waals surface area (Å²) in [7, 11) is 0. The molecule has 0 fully saturated rings. The van der Waals surface area contributed by atoms with Crippen LogP contribution in [0.1, 0.15) is 12.5 Å². The van der Waals surface area contributed by atoms with Crippen LogP contribution in [0.5, 0.6) is 5.75 Å². The van der Waals surface area contributed by atoms with Crippen LogP contribution in [0.3, 0.4) is 0 Å². The van der Waals surface area contributed by atoms with Crippen molar-refractivity contribution >= 4 is 23.2 Å². The number of halogens is 3. The van der Waals surface area contributed by atoms with Gasteiger partial charge in [-0.3, -0.25) is 4.79 Å². The highest BCUT2D eigenvalue weighted by atomic mass is 35.5. The lowest BCUT2D eigenvalue weighted by Crippen LogP contribution is -2.25.